The first-order valence-corrected chi connectivity index (χ1v) is 13.4. The zero-order chi connectivity index (χ0) is 26.5. The number of aryl methyl sites for hydroxylation is 1. The minimum Gasteiger partial charge on any atom is -0.292 e. The normalized spacial score (nSPS) is 11.7. The Bertz CT molecular complexity index is 2000. The maximum absolute atomic E-state index is 5.11. The van der Waals surface area contributed by atoms with E-state index in [0.29, 0.717) is 5.92 Å². The molecule has 0 unspecified atom stereocenters. The van der Waals surface area contributed by atoms with Gasteiger partial charge in [-0.05, 0) is 66.4 Å². The minimum absolute atomic E-state index is 0.290. The zero-order valence-corrected chi connectivity index (χ0v) is 22.3. The molecule has 0 aliphatic rings. The van der Waals surface area contributed by atoms with Gasteiger partial charge in [-0.2, -0.15) is 0 Å². The van der Waals surface area contributed by atoms with E-state index >= 15 is 0 Å². The highest BCUT2D eigenvalue weighted by Gasteiger charge is 2.17. The lowest BCUT2D eigenvalue weighted by Crippen LogP contribution is -1.99. The summed E-state index contributed by atoms with van der Waals surface area (Å²) in [4.78, 5) is 15.1. The van der Waals surface area contributed by atoms with Crippen molar-refractivity contribution >= 4 is 32.8 Å². The highest BCUT2D eigenvalue weighted by molar-refractivity contribution is 6.08. The summed E-state index contributed by atoms with van der Waals surface area (Å²) in [6.07, 6.45) is 0. The maximum atomic E-state index is 5.11. The third-order valence-electron chi connectivity index (χ3n) is 7.40. The first kappa shape index (κ1) is 23.3. The molecule has 188 valence electrons. The van der Waals surface area contributed by atoms with Gasteiger partial charge in [-0.25, -0.2) is 4.98 Å². The second-order valence-corrected chi connectivity index (χ2v) is 10.4. The molecule has 0 radical (unpaired) electrons. The molecule has 0 saturated heterocycles. The molecule has 7 aromatic rings. The van der Waals surface area contributed by atoms with Crippen LogP contribution >= 0.6 is 0 Å². The Hall–Kier alpha value is -4.83. The summed E-state index contributed by atoms with van der Waals surface area (Å²) in [5, 5.41) is 2.22. The van der Waals surface area contributed by atoms with Gasteiger partial charge in [0.1, 0.15) is 5.82 Å². The van der Waals surface area contributed by atoms with Gasteiger partial charge in [0.2, 0.25) is 0 Å². The van der Waals surface area contributed by atoms with Gasteiger partial charge < -0.3 is 0 Å². The van der Waals surface area contributed by atoms with E-state index in [0.717, 1.165) is 72.4 Å². The molecule has 3 heterocycles. The van der Waals surface area contributed by atoms with Crippen molar-refractivity contribution in [2.45, 2.75) is 26.7 Å². The Labute approximate surface area is 227 Å². The molecule has 0 saturated carbocycles. The quantitative estimate of drug-likeness (QED) is 0.225. The Morgan fingerprint density at radius 1 is 0.641 bits per heavy atom. The van der Waals surface area contributed by atoms with Crippen molar-refractivity contribution in [3.63, 3.8) is 0 Å². The van der Waals surface area contributed by atoms with Gasteiger partial charge in [-0.3, -0.25) is 14.5 Å². The Morgan fingerprint density at radius 3 is 2.26 bits per heavy atom. The minimum atomic E-state index is 0.290. The van der Waals surface area contributed by atoms with Crippen molar-refractivity contribution in [2.75, 3.05) is 0 Å². The van der Waals surface area contributed by atoms with Gasteiger partial charge in [-0.1, -0.05) is 80.6 Å². The van der Waals surface area contributed by atoms with E-state index in [9.17, 15) is 0 Å². The standard InChI is InChI=1S/C35H28N4/c1-22(2)31-21-29(28-19-18-24-17-16-23(3)36-33(24)34(28)37-31)25-10-9-11-26(20-25)35-38-30-14-7-8-15-32(30)39(35)27-12-5-4-6-13-27/h4-22H,1-3H3. The number of hydrogen-bond donors (Lipinski definition) is 0. The number of benzene rings is 4. The van der Waals surface area contributed by atoms with Crippen LogP contribution in [-0.4, -0.2) is 19.5 Å². The van der Waals surface area contributed by atoms with Gasteiger partial charge in [0, 0.05) is 33.4 Å². The van der Waals surface area contributed by atoms with E-state index in [4.69, 9.17) is 15.0 Å². The second-order valence-electron chi connectivity index (χ2n) is 10.4. The lowest BCUT2D eigenvalue weighted by molar-refractivity contribution is 0.831. The van der Waals surface area contributed by atoms with Crippen LogP contribution in [-0.2, 0) is 0 Å². The van der Waals surface area contributed by atoms with Crippen LogP contribution in [0.25, 0.3) is 61.0 Å². The lowest BCUT2D eigenvalue weighted by Gasteiger charge is -2.15. The smallest absolute Gasteiger partial charge is 0.145 e. The first-order valence-electron chi connectivity index (χ1n) is 13.4. The summed E-state index contributed by atoms with van der Waals surface area (Å²) in [6, 6.07) is 38.3. The molecule has 4 aromatic carbocycles. The van der Waals surface area contributed by atoms with Crippen LogP contribution in [0.1, 0.15) is 31.2 Å². The predicted molar refractivity (Wildman–Crippen MR) is 161 cm³/mol. The van der Waals surface area contributed by atoms with Crippen LogP contribution in [0, 0.1) is 6.92 Å². The monoisotopic (exact) mass is 504 g/mol. The summed E-state index contributed by atoms with van der Waals surface area (Å²) in [5.74, 6) is 1.22. The molecule has 3 aromatic heterocycles. The molecule has 0 aliphatic carbocycles. The summed E-state index contributed by atoms with van der Waals surface area (Å²) < 4.78 is 2.25. The molecular weight excluding hydrogens is 476 g/mol. The van der Waals surface area contributed by atoms with Gasteiger partial charge in [0.15, 0.2) is 0 Å². The molecule has 0 fully saturated rings. The molecular formula is C35H28N4. The van der Waals surface area contributed by atoms with Gasteiger partial charge >= 0.3 is 0 Å². The zero-order valence-electron chi connectivity index (χ0n) is 22.3. The number of pyridine rings is 2. The van der Waals surface area contributed by atoms with Crippen LogP contribution in [0.15, 0.2) is 109 Å². The average molecular weight is 505 g/mol. The fraction of sp³-hybridized carbons (Fsp3) is 0.114. The third kappa shape index (κ3) is 3.96. The molecule has 7 rings (SSSR count). The number of fused-ring (bicyclic) bond motifs is 4. The summed E-state index contributed by atoms with van der Waals surface area (Å²) in [6.45, 7) is 6.43. The number of nitrogens with zero attached hydrogens (tertiary/aromatic N) is 4. The van der Waals surface area contributed by atoms with E-state index in [1.807, 2.05) is 19.1 Å². The highest BCUT2D eigenvalue weighted by atomic mass is 15.1. The fourth-order valence-electron chi connectivity index (χ4n) is 5.41. The van der Waals surface area contributed by atoms with Crippen molar-refractivity contribution in [2.24, 2.45) is 0 Å². The van der Waals surface area contributed by atoms with Crippen molar-refractivity contribution in [1.82, 2.24) is 19.5 Å². The van der Waals surface area contributed by atoms with Crippen molar-refractivity contribution in [1.29, 1.82) is 0 Å². The highest BCUT2D eigenvalue weighted by Crippen LogP contribution is 2.36. The van der Waals surface area contributed by atoms with Crippen LogP contribution in [0.4, 0.5) is 0 Å². The topological polar surface area (TPSA) is 43.6 Å². The number of rotatable bonds is 4. The molecule has 0 aliphatic heterocycles. The largest absolute Gasteiger partial charge is 0.292 e. The van der Waals surface area contributed by atoms with Crippen molar-refractivity contribution in [3.8, 4) is 28.2 Å². The maximum Gasteiger partial charge on any atom is 0.145 e. The molecule has 0 bridgehead atoms. The van der Waals surface area contributed by atoms with Crippen LogP contribution in [0.2, 0.25) is 0 Å². The number of para-hydroxylation sites is 3. The average Bonchev–Trinajstić information content (AvgIpc) is 3.37. The second kappa shape index (κ2) is 9.17. The molecule has 0 N–H and O–H groups in total. The summed E-state index contributed by atoms with van der Waals surface area (Å²) in [7, 11) is 0. The summed E-state index contributed by atoms with van der Waals surface area (Å²) >= 11 is 0. The van der Waals surface area contributed by atoms with Crippen molar-refractivity contribution in [3.05, 3.63) is 121 Å². The Morgan fingerprint density at radius 2 is 1.41 bits per heavy atom. The fourth-order valence-corrected chi connectivity index (χ4v) is 5.41. The van der Waals surface area contributed by atoms with E-state index in [2.05, 4.69) is 115 Å². The number of aromatic nitrogens is 4. The van der Waals surface area contributed by atoms with E-state index in [1.165, 1.54) is 0 Å². The van der Waals surface area contributed by atoms with E-state index in [1.54, 1.807) is 0 Å². The van der Waals surface area contributed by atoms with Gasteiger partial charge in [-0.15, -0.1) is 0 Å². The van der Waals surface area contributed by atoms with E-state index in [-0.39, 0.29) is 0 Å². The van der Waals surface area contributed by atoms with Gasteiger partial charge in [0.05, 0.1) is 22.1 Å². The molecule has 39 heavy (non-hydrogen) atoms. The van der Waals surface area contributed by atoms with Crippen LogP contribution < -0.4 is 0 Å². The molecule has 0 spiro atoms. The summed E-state index contributed by atoms with van der Waals surface area (Å²) in [5.41, 5.74) is 10.5. The molecule has 4 nitrogen and oxygen atoms in total. The van der Waals surface area contributed by atoms with Crippen LogP contribution in [0.3, 0.4) is 0 Å². The number of hydrogen-bond acceptors (Lipinski definition) is 3. The SMILES string of the molecule is Cc1ccc2ccc3c(-c4cccc(-c5nc6ccccc6n5-c5ccccc5)c4)cc(C(C)C)nc3c2n1. The molecule has 0 amide bonds. The Balaban J connectivity index is 1.48. The first-order chi connectivity index (χ1) is 19.1. The Kier molecular flexibility index (Phi) is 5.48. The molecule has 0 atom stereocenters. The number of imidazole rings is 1. The predicted octanol–water partition coefficient (Wildman–Crippen LogP) is 8.89. The van der Waals surface area contributed by atoms with Gasteiger partial charge in [0.25, 0.3) is 0 Å². The van der Waals surface area contributed by atoms with Crippen LogP contribution in [0.5, 0.6) is 0 Å². The van der Waals surface area contributed by atoms with E-state index < -0.39 is 0 Å². The molecule has 4 heteroatoms. The van der Waals surface area contributed by atoms with Crippen molar-refractivity contribution < 1.29 is 0 Å². The lowest BCUT2D eigenvalue weighted by atomic mass is 9.95. The third-order valence-corrected chi connectivity index (χ3v) is 7.40.